The highest BCUT2D eigenvalue weighted by atomic mass is 79.9. The van der Waals surface area contributed by atoms with Crippen molar-refractivity contribution in [1.82, 2.24) is 10.2 Å². The molecule has 1 N–H and O–H groups in total. The molecule has 1 aliphatic heterocycles. The van der Waals surface area contributed by atoms with Gasteiger partial charge in [0.2, 0.25) is 0 Å². The first-order valence-electron chi connectivity index (χ1n) is 10.1. The number of hydrogen-bond donors (Lipinski definition) is 1. The Morgan fingerprint density at radius 2 is 2.00 bits per heavy atom. The molecule has 1 amide bonds. The molecule has 0 aromatic heterocycles. The third-order valence-corrected chi connectivity index (χ3v) is 6.71. The number of rotatable bonds is 9. The Labute approximate surface area is 212 Å². The topological polar surface area (TPSA) is 80.2 Å². The molecule has 3 rings (SSSR count). The van der Waals surface area contributed by atoms with E-state index >= 15 is 0 Å². The zero-order valence-corrected chi connectivity index (χ0v) is 22.5. The third kappa shape index (κ3) is 6.52. The number of nitrogens with one attached hydrogen (secondary N) is 1. The molecule has 1 unspecified atom stereocenters. The van der Waals surface area contributed by atoms with Crippen molar-refractivity contribution >= 4 is 65.2 Å². The summed E-state index contributed by atoms with van der Waals surface area (Å²) >= 11 is 10.4. The standard InChI is InChI=1S/C22H24Br3N3O4/c1-28(2)8-3-9-31-20-15(23)10-14(11-16(20)24)5-7-26-21(30)18-13-22(32-27-18)6-4-19(29)17(25)12-22/h4,6,10-12H,3,5,7-9,13H2,1-2H3,(H,26,30). The van der Waals surface area contributed by atoms with Crippen molar-refractivity contribution in [3.05, 3.63) is 49.4 Å². The number of benzene rings is 1. The molecule has 1 atom stereocenters. The minimum Gasteiger partial charge on any atom is -0.491 e. The lowest BCUT2D eigenvalue weighted by Crippen LogP contribution is -2.35. The van der Waals surface area contributed by atoms with Gasteiger partial charge in [-0.1, -0.05) is 5.16 Å². The molecule has 0 fully saturated rings. The van der Waals surface area contributed by atoms with Crippen molar-refractivity contribution in [2.24, 2.45) is 5.16 Å². The number of amides is 1. The average Bonchev–Trinajstić information content (AvgIpc) is 3.13. The second kappa shape index (κ2) is 11.1. The largest absolute Gasteiger partial charge is 0.491 e. The molecule has 32 heavy (non-hydrogen) atoms. The van der Waals surface area contributed by atoms with Crippen molar-refractivity contribution < 1.29 is 19.2 Å². The molecule has 0 bridgehead atoms. The number of ether oxygens (including phenoxy) is 1. The highest BCUT2D eigenvalue weighted by Crippen LogP contribution is 2.35. The van der Waals surface area contributed by atoms with Crippen LogP contribution in [0.1, 0.15) is 18.4 Å². The van der Waals surface area contributed by atoms with Gasteiger partial charge >= 0.3 is 0 Å². The fourth-order valence-electron chi connectivity index (χ4n) is 3.26. The van der Waals surface area contributed by atoms with E-state index in [2.05, 4.69) is 63.2 Å². The molecule has 7 nitrogen and oxygen atoms in total. The van der Waals surface area contributed by atoms with Crippen LogP contribution in [0.4, 0.5) is 0 Å². The van der Waals surface area contributed by atoms with Crippen LogP contribution in [-0.4, -0.2) is 61.7 Å². The first kappa shape index (κ1) is 25.1. The molecule has 2 aliphatic rings. The van der Waals surface area contributed by atoms with Crippen LogP contribution in [0.25, 0.3) is 0 Å². The monoisotopic (exact) mass is 631 g/mol. The maximum Gasteiger partial charge on any atom is 0.269 e. The fraction of sp³-hybridized carbons (Fsp3) is 0.409. The van der Waals surface area contributed by atoms with Crippen LogP contribution in [-0.2, 0) is 20.8 Å². The summed E-state index contributed by atoms with van der Waals surface area (Å²) in [5.41, 5.74) is 0.466. The smallest absolute Gasteiger partial charge is 0.269 e. The summed E-state index contributed by atoms with van der Waals surface area (Å²) in [7, 11) is 4.07. The van der Waals surface area contributed by atoms with Gasteiger partial charge in [-0.25, -0.2) is 0 Å². The number of halogens is 3. The van der Waals surface area contributed by atoms with Gasteiger partial charge in [0, 0.05) is 19.5 Å². The lowest BCUT2D eigenvalue weighted by molar-refractivity contribution is -0.115. The van der Waals surface area contributed by atoms with Crippen LogP contribution in [0.15, 0.2) is 48.9 Å². The number of oxime groups is 1. The third-order valence-electron chi connectivity index (χ3n) is 4.91. The van der Waals surface area contributed by atoms with E-state index in [1.807, 2.05) is 26.2 Å². The maximum atomic E-state index is 12.5. The Balaban J connectivity index is 1.49. The van der Waals surface area contributed by atoms with Gasteiger partial charge in [-0.2, -0.15) is 0 Å². The number of ketones is 1. The van der Waals surface area contributed by atoms with Crippen LogP contribution < -0.4 is 10.1 Å². The van der Waals surface area contributed by atoms with Gasteiger partial charge in [-0.15, -0.1) is 0 Å². The molecular weight excluding hydrogens is 610 g/mol. The van der Waals surface area contributed by atoms with Crippen molar-refractivity contribution in [2.45, 2.75) is 24.9 Å². The van der Waals surface area contributed by atoms with E-state index in [0.717, 1.165) is 33.2 Å². The summed E-state index contributed by atoms with van der Waals surface area (Å²) < 4.78 is 8.03. The van der Waals surface area contributed by atoms with Gasteiger partial charge in [0.1, 0.15) is 11.5 Å². The number of nitrogens with zero attached hydrogens (tertiary/aromatic N) is 2. The van der Waals surface area contributed by atoms with Gasteiger partial charge in [-0.3, -0.25) is 9.59 Å². The highest BCUT2D eigenvalue weighted by molar-refractivity contribution is 9.12. The first-order chi connectivity index (χ1) is 15.2. The van der Waals surface area contributed by atoms with Gasteiger partial charge < -0.3 is 19.8 Å². The van der Waals surface area contributed by atoms with Crippen molar-refractivity contribution in [3.63, 3.8) is 0 Å². The van der Waals surface area contributed by atoms with Crippen LogP contribution in [0.3, 0.4) is 0 Å². The zero-order valence-electron chi connectivity index (χ0n) is 17.8. The van der Waals surface area contributed by atoms with Crippen LogP contribution in [0, 0.1) is 0 Å². The lowest BCUT2D eigenvalue weighted by Gasteiger charge is -2.21. The van der Waals surface area contributed by atoms with E-state index in [1.54, 1.807) is 12.2 Å². The molecule has 0 saturated carbocycles. The molecule has 172 valence electrons. The summed E-state index contributed by atoms with van der Waals surface area (Å²) in [6.07, 6.45) is 6.54. The summed E-state index contributed by atoms with van der Waals surface area (Å²) in [6, 6.07) is 3.99. The minimum atomic E-state index is -0.877. The molecule has 1 aromatic carbocycles. The highest BCUT2D eigenvalue weighted by Gasteiger charge is 2.40. The van der Waals surface area contributed by atoms with E-state index in [4.69, 9.17) is 9.57 Å². The molecule has 0 radical (unpaired) electrons. The van der Waals surface area contributed by atoms with Crippen LogP contribution in [0.5, 0.6) is 5.75 Å². The van der Waals surface area contributed by atoms with E-state index < -0.39 is 5.60 Å². The second-order valence-corrected chi connectivity index (χ2v) is 10.4. The number of allylic oxidation sites excluding steroid dienone is 2. The summed E-state index contributed by atoms with van der Waals surface area (Å²) in [6.45, 7) is 2.04. The Morgan fingerprint density at radius 1 is 1.28 bits per heavy atom. The lowest BCUT2D eigenvalue weighted by atomic mass is 9.92. The van der Waals surface area contributed by atoms with Crippen LogP contribution in [0.2, 0.25) is 0 Å². The molecule has 1 aromatic rings. The van der Waals surface area contributed by atoms with E-state index in [1.165, 1.54) is 6.08 Å². The Hall–Kier alpha value is -1.49. The number of carbonyl (C=O) groups is 2. The molecule has 1 heterocycles. The van der Waals surface area contributed by atoms with Crippen molar-refractivity contribution in [1.29, 1.82) is 0 Å². The zero-order chi connectivity index (χ0) is 23.3. The SMILES string of the molecule is CN(C)CCCOc1c(Br)cc(CCNC(=O)C2=NOC3(C=CC(=O)C(Br)=C3)C2)cc1Br. The molecule has 1 aliphatic carbocycles. The maximum absolute atomic E-state index is 12.5. The van der Waals surface area contributed by atoms with Gasteiger partial charge in [0.05, 0.1) is 20.0 Å². The van der Waals surface area contributed by atoms with Crippen LogP contribution >= 0.6 is 47.8 Å². The molecular formula is C22H24Br3N3O4. The normalized spacial score (nSPS) is 19.8. The quantitative estimate of drug-likeness (QED) is 0.414. The Kier molecular flexibility index (Phi) is 8.71. The predicted molar refractivity (Wildman–Crippen MR) is 134 cm³/mol. The van der Waals surface area contributed by atoms with E-state index in [0.29, 0.717) is 29.8 Å². The van der Waals surface area contributed by atoms with Crippen molar-refractivity contribution in [3.8, 4) is 5.75 Å². The molecule has 0 saturated heterocycles. The molecule has 10 heteroatoms. The first-order valence-corrected chi connectivity index (χ1v) is 12.5. The number of hydrogen-bond acceptors (Lipinski definition) is 6. The molecule has 1 spiro atoms. The summed E-state index contributed by atoms with van der Waals surface area (Å²) in [5, 5.41) is 6.81. The average molecular weight is 634 g/mol. The van der Waals surface area contributed by atoms with Gasteiger partial charge in [0.15, 0.2) is 11.4 Å². The van der Waals surface area contributed by atoms with Gasteiger partial charge in [0.25, 0.3) is 5.91 Å². The summed E-state index contributed by atoms with van der Waals surface area (Å²) in [4.78, 5) is 31.7. The number of carbonyl (C=O) groups excluding carboxylic acids is 2. The summed E-state index contributed by atoms with van der Waals surface area (Å²) in [5.74, 6) is 0.354. The Bertz CT molecular complexity index is 968. The van der Waals surface area contributed by atoms with E-state index in [9.17, 15) is 9.59 Å². The van der Waals surface area contributed by atoms with Gasteiger partial charge in [-0.05, 0) is 111 Å². The predicted octanol–water partition coefficient (Wildman–Crippen LogP) is 4.13. The Morgan fingerprint density at radius 3 is 2.66 bits per heavy atom. The second-order valence-electron chi connectivity index (χ2n) is 7.85. The fourth-order valence-corrected chi connectivity index (χ4v) is 5.29. The van der Waals surface area contributed by atoms with Crippen molar-refractivity contribution in [2.75, 3.05) is 33.8 Å². The van der Waals surface area contributed by atoms with E-state index in [-0.39, 0.29) is 18.1 Å². The minimum absolute atomic E-state index is 0.139.